The molecule has 1 aromatic heterocycles. The van der Waals surface area contributed by atoms with Crippen molar-refractivity contribution in [3.63, 3.8) is 0 Å². The van der Waals surface area contributed by atoms with Crippen LogP contribution in [0.2, 0.25) is 0 Å². The van der Waals surface area contributed by atoms with Crippen LogP contribution >= 0.6 is 0 Å². The van der Waals surface area contributed by atoms with Gasteiger partial charge in [0.05, 0.1) is 0 Å². The number of likely N-dealkylation sites (tertiary alicyclic amines) is 1. The number of aromatic nitrogens is 2. The number of aliphatic imine (C=N–C) groups is 1. The maximum atomic E-state index is 4.86. The van der Waals surface area contributed by atoms with Crippen molar-refractivity contribution in [2.75, 3.05) is 19.6 Å². The first-order valence-corrected chi connectivity index (χ1v) is 9.02. The van der Waals surface area contributed by atoms with E-state index >= 15 is 0 Å². The van der Waals surface area contributed by atoms with Gasteiger partial charge in [0.15, 0.2) is 5.96 Å². The average Bonchev–Trinajstić information content (AvgIpc) is 2.88. The van der Waals surface area contributed by atoms with Gasteiger partial charge in [-0.2, -0.15) is 0 Å². The summed E-state index contributed by atoms with van der Waals surface area (Å²) in [6, 6.07) is 0. The fourth-order valence-corrected chi connectivity index (χ4v) is 3.46. The summed E-state index contributed by atoms with van der Waals surface area (Å²) in [7, 11) is 0. The molecule has 0 saturated carbocycles. The highest BCUT2D eigenvalue weighted by atomic mass is 15.3. The molecule has 1 saturated heterocycles. The zero-order valence-electron chi connectivity index (χ0n) is 15.4. The summed E-state index contributed by atoms with van der Waals surface area (Å²) in [5.41, 5.74) is 0. The van der Waals surface area contributed by atoms with Crippen molar-refractivity contribution < 1.29 is 0 Å². The van der Waals surface area contributed by atoms with Crippen molar-refractivity contribution in [3.05, 3.63) is 18.2 Å². The van der Waals surface area contributed by atoms with E-state index in [9.17, 15) is 0 Å². The van der Waals surface area contributed by atoms with Crippen molar-refractivity contribution in [2.24, 2.45) is 22.7 Å². The van der Waals surface area contributed by atoms with Crippen LogP contribution < -0.4 is 5.32 Å². The Balaban J connectivity index is 2.08. The number of hydrogen-bond acceptors (Lipinski definition) is 2. The van der Waals surface area contributed by atoms with E-state index in [0.29, 0.717) is 12.5 Å². The fraction of sp³-hybridized carbons (Fsp3) is 0.778. The zero-order valence-corrected chi connectivity index (χ0v) is 15.4. The fourth-order valence-electron chi connectivity index (χ4n) is 3.46. The summed E-state index contributed by atoms with van der Waals surface area (Å²) in [6.45, 7) is 16.0. The van der Waals surface area contributed by atoms with Crippen molar-refractivity contribution in [2.45, 2.75) is 54.1 Å². The molecule has 130 valence electrons. The summed E-state index contributed by atoms with van der Waals surface area (Å²) in [4.78, 5) is 11.8. The van der Waals surface area contributed by atoms with Crippen LogP contribution in [0.15, 0.2) is 17.4 Å². The topological polar surface area (TPSA) is 45.5 Å². The predicted octanol–water partition coefficient (Wildman–Crippen LogP) is 2.98. The highest BCUT2D eigenvalue weighted by Gasteiger charge is 2.24. The first-order valence-electron chi connectivity index (χ1n) is 9.02. The van der Waals surface area contributed by atoms with Crippen molar-refractivity contribution in [1.29, 1.82) is 0 Å². The van der Waals surface area contributed by atoms with Crippen molar-refractivity contribution in [1.82, 2.24) is 19.8 Å². The van der Waals surface area contributed by atoms with Crippen LogP contribution in [0.5, 0.6) is 0 Å². The van der Waals surface area contributed by atoms with Gasteiger partial charge < -0.3 is 14.8 Å². The second-order valence-corrected chi connectivity index (χ2v) is 7.41. The third-order valence-electron chi connectivity index (χ3n) is 4.24. The average molecular weight is 319 g/mol. The second-order valence-electron chi connectivity index (χ2n) is 7.41. The van der Waals surface area contributed by atoms with E-state index in [0.717, 1.165) is 49.8 Å². The Bertz CT molecular complexity index is 495. The molecule has 1 aliphatic rings. The molecule has 0 aromatic carbocycles. The van der Waals surface area contributed by atoms with Gasteiger partial charge in [-0.3, -0.25) is 0 Å². The van der Waals surface area contributed by atoms with Gasteiger partial charge in [-0.05, 0) is 31.1 Å². The minimum Gasteiger partial charge on any atom is -0.357 e. The normalized spacial score (nSPS) is 22.7. The lowest BCUT2D eigenvalue weighted by Gasteiger charge is -2.37. The van der Waals surface area contributed by atoms with Gasteiger partial charge in [-0.1, -0.05) is 27.7 Å². The predicted molar refractivity (Wildman–Crippen MR) is 96.4 cm³/mol. The quantitative estimate of drug-likeness (QED) is 0.670. The number of hydrogen-bond donors (Lipinski definition) is 1. The third kappa shape index (κ3) is 5.26. The van der Waals surface area contributed by atoms with E-state index in [1.54, 1.807) is 0 Å². The maximum absolute atomic E-state index is 4.86. The largest absolute Gasteiger partial charge is 0.357 e. The van der Waals surface area contributed by atoms with Crippen molar-refractivity contribution >= 4 is 5.96 Å². The van der Waals surface area contributed by atoms with Crippen LogP contribution in [0.25, 0.3) is 0 Å². The van der Waals surface area contributed by atoms with E-state index in [4.69, 9.17) is 4.99 Å². The standard InChI is InChI=1S/C18H33N5/c1-6-19-18(23-12-15(4)9-16(5)13-23)21-10-17-20-7-8-22(17)11-14(2)3/h7-8,14-16H,6,9-13H2,1-5H3,(H,19,21). The van der Waals surface area contributed by atoms with Gasteiger partial charge in [0, 0.05) is 38.6 Å². The molecule has 0 aliphatic carbocycles. The van der Waals surface area contributed by atoms with E-state index < -0.39 is 0 Å². The number of piperidine rings is 1. The van der Waals surface area contributed by atoms with E-state index in [1.165, 1.54) is 6.42 Å². The summed E-state index contributed by atoms with van der Waals surface area (Å²) >= 11 is 0. The zero-order chi connectivity index (χ0) is 16.8. The molecule has 0 radical (unpaired) electrons. The van der Waals surface area contributed by atoms with Crippen LogP contribution in [-0.4, -0.2) is 40.0 Å². The van der Waals surface area contributed by atoms with Gasteiger partial charge in [0.25, 0.3) is 0 Å². The SMILES string of the molecule is CCNC(=NCc1nccn1CC(C)C)N1CC(C)CC(C)C1. The van der Waals surface area contributed by atoms with Crippen LogP contribution in [0.3, 0.4) is 0 Å². The molecule has 2 heterocycles. The molecule has 1 N–H and O–H groups in total. The summed E-state index contributed by atoms with van der Waals surface area (Å²) < 4.78 is 2.22. The molecule has 2 atom stereocenters. The summed E-state index contributed by atoms with van der Waals surface area (Å²) in [6.07, 6.45) is 5.25. The van der Waals surface area contributed by atoms with Crippen LogP contribution in [0.4, 0.5) is 0 Å². The molecule has 0 spiro atoms. The smallest absolute Gasteiger partial charge is 0.194 e. The van der Waals surface area contributed by atoms with E-state index in [-0.39, 0.29) is 0 Å². The minimum atomic E-state index is 0.615. The molecule has 2 unspecified atom stereocenters. The molecule has 0 bridgehead atoms. The second kappa shape index (κ2) is 8.37. The Kier molecular flexibility index (Phi) is 6.48. The Morgan fingerprint density at radius 2 is 2.04 bits per heavy atom. The lowest BCUT2D eigenvalue weighted by atomic mass is 9.92. The Labute approximate surface area is 141 Å². The first-order chi connectivity index (χ1) is 11.0. The van der Waals surface area contributed by atoms with Crippen molar-refractivity contribution in [3.8, 4) is 0 Å². The van der Waals surface area contributed by atoms with Gasteiger partial charge in [-0.25, -0.2) is 9.98 Å². The molecule has 2 rings (SSSR count). The number of nitrogens with one attached hydrogen (secondary N) is 1. The Morgan fingerprint density at radius 1 is 1.35 bits per heavy atom. The minimum absolute atomic E-state index is 0.615. The maximum Gasteiger partial charge on any atom is 0.194 e. The number of guanidine groups is 1. The van der Waals surface area contributed by atoms with Crippen LogP contribution in [0.1, 0.15) is 46.9 Å². The van der Waals surface area contributed by atoms with Crippen LogP contribution in [-0.2, 0) is 13.1 Å². The van der Waals surface area contributed by atoms with Gasteiger partial charge >= 0.3 is 0 Å². The molecule has 5 nitrogen and oxygen atoms in total. The number of rotatable bonds is 5. The van der Waals surface area contributed by atoms with E-state index in [2.05, 4.69) is 60.6 Å². The first kappa shape index (κ1) is 17.8. The Morgan fingerprint density at radius 3 is 2.65 bits per heavy atom. The summed E-state index contributed by atoms with van der Waals surface area (Å²) in [5, 5.41) is 3.46. The molecule has 1 fully saturated rings. The van der Waals surface area contributed by atoms with Gasteiger partial charge in [0.1, 0.15) is 12.4 Å². The highest BCUT2D eigenvalue weighted by molar-refractivity contribution is 5.80. The lowest BCUT2D eigenvalue weighted by Crippen LogP contribution is -2.48. The summed E-state index contributed by atoms with van der Waals surface area (Å²) in [5.74, 6) is 4.15. The number of nitrogens with zero attached hydrogens (tertiary/aromatic N) is 4. The molecule has 0 amide bonds. The van der Waals surface area contributed by atoms with Gasteiger partial charge in [-0.15, -0.1) is 0 Å². The Hall–Kier alpha value is -1.52. The molecule has 23 heavy (non-hydrogen) atoms. The number of imidazole rings is 1. The molecule has 1 aliphatic heterocycles. The van der Waals surface area contributed by atoms with E-state index in [1.807, 2.05) is 6.20 Å². The monoisotopic (exact) mass is 319 g/mol. The molecule has 5 heteroatoms. The van der Waals surface area contributed by atoms with Crippen LogP contribution in [0, 0.1) is 17.8 Å². The van der Waals surface area contributed by atoms with Gasteiger partial charge in [0.2, 0.25) is 0 Å². The molecule has 1 aromatic rings. The molecular formula is C18H33N5. The lowest BCUT2D eigenvalue weighted by molar-refractivity contribution is 0.208. The molecular weight excluding hydrogens is 286 g/mol. The third-order valence-corrected chi connectivity index (χ3v) is 4.24. The highest BCUT2D eigenvalue weighted by Crippen LogP contribution is 2.21.